The molecular formula is C24H30Cl2IN3O4S. The van der Waals surface area contributed by atoms with Gasteiger partial charge in [0.1, 0.15) is 12.6 Å². The summed E-state index contributed by atoms with van der Waals surface area (Å²) in [5.41, 5.74) is 0.841. The van der Waals surface area contributed by atoms with Gasteiger partial charge >= 0.3 is 0 Å². The lowest BCUT2D eigenvalue weighted by Gasteiger charge is -2.33. The van der Waals surface area contributed by atoms with E-state index in [1.165, 1.54) is 4.90 Å². The van der Waals surface area contributed by atoms with E-state index in [1.807, 2.05) is 13.8 Å². The lowest BCUT2D eigenvalue weighted by Crippen LogP contribution is -2.53. The lowest BCUT2D eigenvalue weighted by molar-refractivity contribution is -0.140. The summed E-state index contributed by atoms with van der Waals surface area (Å²) in [6.07, 6.45) is 2.08. The Hall–Kier alpha value is -1.56. The van der Waals surface area contributed by atoms with Crippen LogP contribution in [0.25, 0.3) is 0 Å². The number of carbonyl (C=O) groups is 2. The zero-order valence-electron chi connectivity index (χ0n) is 20.1. The zero-order valence-corrected chi connectivity index (χ0v) is 24.6. The third kappa shape index (κ3) is 8.23. The topological polar surface area (TPSA) is 86.8 Å². The fourth-order valence-corrected chi connectivity index (χ4v) is 5.16. The summed E-state index contributed by atoms with van der Waals surface area (Å²) in [7, 11) is -3.79. The molecule has 0 saturated heterocycles. The van der Waals surface area contributed by atoms with Gasteiger partial charge in [0.15, 0.2) is 0 Å². The van der Waals surface area contributed by atoms with Crippen molar-refractivity contribution in [3.8, 4) is 0 Å². The van der Waals surface area contributed by atoms with Crippen molar-refractivity contribution in [2.24, 2.45) is 0 Å². The Morgan fingerprint density at radius 3 is 2.09 bits per heavy atom. The Balaban J connectivity index is 2.49. The van der Waals surface area contributed by atoms with Crippen LogP contribution in [0.1, 0.15) is 39.2 Å². The van der Waals surface area contributed by atoms with Crippen molar-refractivity contribution in [1.29, 1.82) is 0 Å². The smallest absolute Gasteiger partial charge is 0.244 e. The van der Waals surface area contributed by atoms with Gasteiger partial charge in [-0.15, -0.1) is 0 Å². The predicted molar refractivity (Wildman–Crippen MR) is 150 cm³/mol. The van der Waals surface area contributed by atoms with E-state index in [0.29, 0.717) is 27.7 Å². The number of hydrogen-bond acceptors (Lipinski definition) is 4. The summed E-state index contributed by atoms with van der Waals surface area (Å²) < 4.78 is 27.2. The van der Waals surface area contributed by atoms with Gasteiger partial charge in [-0.05, 0) is 78.8 Å². The molecule has 2 rings (SSSR count). The van der Waals surface area contributed by atoms with Crippen LogP contribution in [-0.2, 0) is 26.2 Å². The highest BCUT2D eigenvalue weighted by Gasteiger charge is 2.32. The third-order valence-electron chi connectivity index (χ3n) is 5.57. The summed E-state index contributed by atoms with van der Waals surface area (Å²) in [5, 5.41) is 3.62. The number of amides is 2. The Morgan fingerprint density at radius 2 is 1.60 bits per heavy atom. The Morgan fingerprint density at radius 1 is 1.03 bits per heavy atom. The van der Waals surface area contributed by atoms with E-state index in [4.69, 9.17) is 23.2 Å². The monoisotopic (exact) mass is 653 g/mol. The first-order valence-electron chi connectivity index (χ1n) is 11.1. The summed E-state index contributed by atoms with van der Waals surface area (Å²) in [6, 6.07) is 10.9. The van der Waals surface area contributed by atoms with Crippen LogP contribution in [0.2, 0.25) is 10.0 Å². The van der Waals surface area contributed by atoms with E-state index in [0.717, 1.165) is 20.6 Å². The van der Waals surface area contributed by atoms with E-state index >= 15 is 0 Å². The van der Waals surface area contributed by atoms with Gasteiger partial charge in [0.25, 0.3) is 0 Å². The largest absolute Gasteiger partial charge is 0.352 e. The van der Waals surface area contributed by atoms with Gasteiger partial charge in [-0.2, -0.15) is 0 Å². The molecule has 0 radical (unpaired) electrons. The first-order chi connectivity index (χ1) is 16.4. The quantitative estimate of drug-likeness (QED) is 0.343. The van der Waals surface area contributed by atoms with Crippen molar-refractivity contribution in [3.63, 3.8) is 0 Å². The molecule has 0 aliphatic heterocycles. The number of rotatable bonds is 11. The van der Waals surface area contributed by atoms with Gasteiger partial charge in [-0.25, -0.2) is 8.42 Å². The number of sulfonamides is 1. The minimum atomic E-state index is -3.79. The van der Waals surface area contributed by atoms with Crippen LogP contribution < -0.4 is 9.62 Å². The van der Waals surface area contributed by atoms with Crippen LogP contribution in [0.3, 0.4) is 0 Å². The van der Waals surface area contributed by atoms with Gasteiger partial charge in [-0.1, -0.05) is 43.1 Å². The molecule has 1 N–H and O–H groups in total. The molecule has 0 fully saturated rings. The highest BCUT2D eigenvalue weighted by atomic mass is 127. The summed E-state index contributed by atoms with van der Waals surface area (Å²) >= 11 is 14.9. The minimum absolute atomic E-state index is 0.0476. The van der Waals surface area contributed by atoms with Gasteiger partial charge in [0.2, 0.25) is 21.8 Å². The minimum Gasteiger partial charge on any atom is -0.352 e. The van der Waals surface area contributed by atoms with E-state index in [2.05, 4.69) is 27.9 Å². The second-order valence-electron chi connectivity index (χ2n) is 8.21. The molecule has 11 heteroatoms. The van der Waals surface area contributed by atoms with Gasteiger partial charge in [0, 0.05) is 31.8 Å². The predicted octanol–water partition coefficient (Wildman–Crippen LogP) is 5.09. The highest BCUT2D eigenvalue weighted by molar-refractivity contribution is 14.1. The number of carbonyl (C=O) groups excluding carboxylic acids is 2. The summed E-state index contributed by atoms with van der Waals surface area (Å²) in [4.78, 5) is 28.2. The van der Waals surface area contributed by atoms with Crippen molar-refractivity contribution in [2.75, 3.05) is 17.1 Å². The second kappa shape index (κ2) is 13.1. The molecule has 0 unspecified atom stereocenters. The Bertz CT molecular complexity index is 1130. The molecule has 0 aliphatic rings. The van der Waals surface area contributed by atoms with Crippen molar-refractivity contribution in [1.82, 2.24) is 10.2 Å². The van der Waals surface area contributed by atoms with Gasteiger partial charge in [0.05, 0.1) is 11.9 Å². The molecule has 0 aliphatic carbocycles. The molecule has 192 valence electrons. The summed E-state index contributed by atoms with van der Waals surface area (Å²) in [6.45, 7) is 5.10. The SMILES string of the molecule is CC[C@H](C(=O)N[C@@H](C)CC)N(Cc1c(Cl)cccc1Cl)C(=O)CN(c1ccc(I)cc1)S(C)(=O)=O. The number of hydrogen-bond donors (Lipinski definition) is 1. The summed E-state index contributed by atoms with van der Waals surface area (Å²) in [5.74, 6) is -0.866. The van der Waals surface area contributed by atoms with Gasteiger partial charge in [-0.3, -0.25) is 13.9 Å². The van der Waals surface area contributed by atoms with E-state index in [9.17, 15) is 18.0 Å². The van der Waals surface area contributed by atoms with Crippen LogP contribution in [0.15, 0.2) is 42.5 Å². The molecule has 35 heavy (non-hydrogen) atoms. The molecule has 0 heterocycles. The van der Waals surface area contributed by atoms with E-state index < -0.39 is 28.5 Å². The van der Waals surface area contributed by atoms with Crippen molar-refractivity contribution in [3.05, 3.63) is 61.6 Å². The average Bonchev–Trinajstić information content (AvgIpc) is 2.78. The lowest BCUT2D eigenvalue weighted by atomic mass is 10.1. The molecule has 2 amide bonds. The molecule has 2 atom stereocenters. The number of halogens is 3. The molecule has 0 saturated carbocycles. The zero-order chi connectivity index (χ0) is 26.3. The van der Waals surface area contributed by atoms with Crippen molar-refractivity contribution < 1.29 is 18.0 Å². The third-order valence-corrected chi connectivity index (χ3v) is 8.14. The first kappa shape index (κ1) is 29.7. The fraction of sp³-hybridized carbons (Fsp3) is 0.417. The fourth-order valence-electron chi connectivity index (χ4n) is 3.44. The van der Waals surface area contributed by atoms with Crippen LogP contribution >= 0.6 is 45.8 Å². The van der Waals surface area contributed by atoms with Crippen LogP contribution in [0.4, 0.5) is 5.69 Å². The first-order valence-corrected chi connectivity index (χ1v) is 14.8. The Kier molecular flexibility index (Phi) is 11.1. The van der Waals surface area contributed by atoms with Crippen LogP contribution in [0.5, 0.6) is 0 Å². The molecule has 0 aromatic heterocycles. The normalized spacial score (nSPS) is 13.1. The molecule has 7 nitrogen and oxygen atoms in total. The van der Waals surface area contributed by atoms with Crippen molar-refractivity contribution >= 4 is 73.3 Å². The van der Waals surface area contributed by atoms with Crippen LogP contribution in [0, 0.1) is 3.57 Å². The molecular weight excluding hydrogens is 624 g/mol. The maximum absolute atomic E-state index is 13.7. The Labute approximate surface area is 231 Å². The average molecular weight is 654 g/mol. The van der Waals surface area contributed by atoms with Crippen molar-refractivity contribution in [2.45, 2.75) is 52.2 Å². The number of anilines is 1. The van der Waals surface area contributed by atoms with Gasteiger partial charge < -0.3 is 10.2 Å². The van der Waals surface area contributed by atoms with E-state index in [1.54, 1.807) is 49.4 Å². The number of benzene rings is 2. The number of nitrogens with one attached hydrogen (secondary N) is 1. The highest BCUT2D eigenvalue weighted by Crippen LogP contribution is 2.28. The molecule has 2 aromatic rings. The van der Waals surface area contributed by atoms with E-state index in [-0.39, 0.29) is 18.5 Å². The second-order valence-corrected chi connectivity index (χ2v) is 12.2. The molecule has 0 bridgehead atoms. The number of nitrogens with zero attached hydrogens (tertiary/aromatic N) is 2. The standard InChI is InChI=1S/C24H30Cl2IN3O4S/c1-5-16(3)28-24(32)22(6-2)29(14-19-20(25)8-7-9-21(19)26)23(31)15-30(35(4,33)34)18-12-10-17(27)11-13-18/h7-13,16,22H,5-6,14-15H2,1-4H3,(H,28,32)/t16-,22+/m0/s1. The maximum atomic E-state index is 13.7. The molecule has 2 aromatic carbocycles. The molecule has 0 spiro atoms. The van der Waals surface area contributed by atoms with Crippen LogP contribution in [-0.4, -0.2) is 50.0 Å². The maximum Gasteiger partial charge on any atom is 0.244 e.